The summed E-state index contributed by atoms with van der Waals surface area (Å²) >= 11 is 0. The molecule has 0 spiro atoms. The molecule has 78 valence electrons. The van der Waals surface area contributed by atoms with Gasteiger partial charge in [-0.1, -0.05) is 13.0 Å². The van der Waals surface area contributed by atoms with Crippen LogP contribution in [0.25, 0.3) is 0 Å². The van der Waals surface area contributed by atoms with E-state index in [-0.39, 0.29) is 10.6 Å². The number of aryl methyl sites for hydroxylation is 1. The highest BCUT2D eigenvalue weighted by Crippen LogP contribution is 2.25. The van der Waals surface area contributed by atoms with E-state index < -0.39 is 9.84 Å². The highest BCUT2D eigenvalue weighted by atomic mass is 32.2. The first-order valence-corrected chi connectivity index (χ1v) is 6.04. The van der Waals surface area contributed by atoms with Crippen molar-refractivity contribution in [1.82, 2.24) is 0 Å². The van der Waals surface area contributed by atoms with Crippen LogP contribution in [0.4, 0.5) is 0 Å². The zero-order valence-corrected chi connectivity index (χ0v) is 9.39. The number of hydrogen-bond donors (Lipinski definition) is 0. The molecule has 0 bridgehead atoms. The molecule has 0 aliphatic carbocycles. The van der Waals surface area contributed by atoms with Gasteiger partial charge < -0.3 is 4.74 Å². The zero-order chi connectivity index (χ0) is 10.8. The highest BCUT2D eigenvalue weighted by molar-refractivity contribution is 7.91. The Hall–Kier alpha value is -1.03. The second-order valence-electron chi connectivity index (χ2n) is 3.06. The van der Waals surface area contributed by atoms with Gasteiger partial charge >= 0.3 is 0 Å². The SMILES string of the molecule is CCS(=O)(=O)c1cc(C)ccc1OC. The number of methoxy groups -OCH3 is 1. The summed E-state index contributed by atoms with van der Waals surface area (Å²) in [4.78, 5) is 0.280. The quantitative estimate of drug-likeness (QED) is 0.770. The van der Waals surface area contributed by atoms with Gasteiger partial charge in [0, 0.05) is 0 Å². The normalized spacial score (nSPS) is 11.4. The van der Waals surface area contributed by atoms with Crippen molar-refractivity contribution in [2.75, 3.05) is 12.9 Å². The van der Waals surface area contributed by atoms with Crippen LogP contribution in [0.1, 0.15) is 12.5 Å². The van der Waals surface area contributed by atoms with Crippen LogP contribution in [-0.2, 0) is 9.84 Å². The van der Waals surface area contributed by atoms with Crippen LogP contribution in [0.5, 0.6) is 5.75 Å². The standard InChI is InChI=1S/C10H14O3S/c1-4-14(11,12)10-7-8(2)5-6-9(10)13-3/h5-7H,4H2,1-3H3. The molecule has 0 saturated carbocycles. The first-order chi connectivity index (χ1) is 6.51. The maximum Gasteiger partial charge on any atom is 0.181 e. The van der Waals surface area contributed by atoms with Crippen LogP contribution in [0, 0.1) is 6.92 Å². The van der Waals surface area contributed by atoms with Crippen molar-refractivity contribution in [2.45, 2.75) is 18.7 Å². The molecule has 0 N–H and O–H groups in total. The minimum atomic E-state index is -3.19. The Bertz CT molecular complexity index is 421. The Morgan fingerprint density at radius 2 is 2.00 bits per heavy atom. The highest BCUT2D eigenvalue weighted by Gasteiger charge is 2.17. The lowest BCUT2D eigenvalue weighted by Gasteiger charge is -2.08. The summed E-state index contributed by atoms with van der Waals surface area (Å²) in [6.07, 6.45) is 0. The van der Waals surface area contributed by atoms with Gasteiger partial charge in [0.25, 0.3) is 0 Å². The maximum atomic E-state index is 11.7. The topological polar surface area (TPSA) is 43.4 Å². The number of sulfone groups is 1. The summed E-state index contributed by atoms with van der Waals surface area (Å²) in [5, 5.41) is 0. The summed E-state index contributed by atoms with van der Waals surface area (Å²) in [6, 6.07) is 5.14. The molecule has 0 aliphatic heterocycles. The summed E-state index contributed by atoms with van der Waals surface area (Å²) < 4.78 is 28.3. The smallest absolute Gasteiger partial charge is 0.181 e. The minimum Gasteiger partial charge on any atom is -0.495 e. The van der Waals surface area contributed by atoms with E-state index in [0.717, 1.165) is 5.56 Å². The van der Waals surface area contributed by atoms with Crippen LogP contribution >= 0.6 is 0 Å². The van der Waals surface area contributed by atoms with Crippen LogP contribution in [-0.4, -0.2) is 21.3 Å². The van der Waals surface area contributed by atoms with Crippen molar-refractivity contribution in [3.8, 4) is 5.75 Å². The summed E-state index contributed by atoms with van der Waals surface area (Å²) in [6.45, 7) is 3.48. The maximum absolute atomic E-state index is 11.7. The average molecular weight is 214 g/mol. The van der Waals surface area contributed by atoms with Gasteiger partial charge in [0.15, 0.2) is 9.84 Å². The molecular formula is C10H14O3S. The van der Waals surface area contributed by atoms with E-state index in [1.807, 2.05) is 13.0 Å². The van der Waals surface area contributed by atoms with Crippen molar-refractivity contribution >= 4 is 9.84 Å². The monoisotopic (exact) mass is 214 g/mol. The van der Waals surface area contributed by atoms with E-state index in [2.05, 4.69) is 0 Å². The first-order valence-electron chi connectivity index (χ1n) is 4.38. The first kappa shape index (κ1) is 11.0. The predicted molar refractivity (Wildman–Crippen MR) is 55.5 cm³/mol. The van der Waals surface area contributed by atoms with E-state index in [9.17, 15) is 8.42 Å². The van der Waals surface area contributed by atoms with Crippen molar-refractivity contribution in [3.63, 3.8) is 0 Å². The molecule has 0 saturated heterocycles. The van der Waals surface area contributed by atoms with Gasteiger partial charge in [-0.15, -0.1) is 0 Å². The zero-order valence-electron chi connectivity index (χ0n) is 8.57. The van der Waals surface area contributed by atoms with E-state index in [0.29, 0.717) is 5.75 Å². The van der Waals surface area contributed by atoms with Gasteiger partial charge in [-0.25, -0.2) is 8.42 Å². The van der Waals surface area contributed by atoms with Gasteiger partial charge in [0.2, 0.25) is 0 Å². The second-order valence-corrected chi connectivity index (χ2v) is 5.30. The molecule has 0 heterocycles. The molecule has 4 heteroatoms. The molecule has 3 nitrogen and oxygen atoms in total. The molecule has 1 rings (SSSR count). The number of rotatable bonds is 3. The molecule has 0 atom stereocenters. The number of ether oxygens (including phenoxy) is 1. The number of hydrogen-bond acceptors (Lipinski definition) is 3. The lowest BCUT2D eigenvalue weighted by atomic mass is 10.2. The van der Waals surface area contributed by atoms with Crippen molar-refractivity contribution < 1.29 is 13.2 Å². The van der Waals surface area contributed by atoms with Gasteiger partial charge in [-0.2, -0.15) is 0 Å². The van der Waals surface area contributed by atoms with Crippen LogP contribution in [0.3, 0.4) is 0 Å². The van der Waals surface area contributed by atoms with Crippen molar-refractivity contribution in [3.05, 3.63) is 23.8 Å². The van der Waals surface area contributed by atoms with Gasteiger partial charge in [0.1, 0.15) is 10.6 Å². The van der Waals surface area contributed by atoms with Crippen LogP contribution in [0.15, 0.2) is 23.1 Å². The molecular weight excluding hydrogens is 200 g/mol. The third kappa shape index (κ3) is 2.07. The lowest BCUT2D eigenvalue weighted by Crippen LogP contribution is -2.06. The van der Waals surface area contributed by atoms with Gasteiger partial charge in [-0.3, -0.25) is 0 Å². The Labute approximate surface area is 84.6 Å². The van der Waals surface area contributed by atoms with E-state index >= 15 is 0 Å². The predicted octanol–water partition coefficient (Wildman–Crippen LogP) is 1.80. The number of benzene rings is 1. The summed E-state index contributed by atoms with van der Waals surface area (Å²) in [5.41, 5.74) is 0.915. The second kappa shape index (κ2) is 4.00. The van der Waals surface area contributed by atoms with Gasteiger partial charge in [0.05, 0.1) is 12.9 Å². The van der Waals surface area contributed by atoms with E-state index in [1.54, 1.807) is 19.1 Å². The Morgan fingerprint density at radius 1 is 1.36 bits per heavy atom. The molecule has 1 aromatic rings. The average Bonchev–Trinajstić information content (AvgIpc) is 2.18. The largest absolute Gasteiger partial charge is 0.495 e. The molecule has 0 fully saturated rings. The molecule has 0 amide bonds. The molecule has 0 aromatic heterocycles. The molecule has 0 radical (unpaired) electrons. The van der Waals surface area contributed by atoms with Crippen molar-refractivity contribution in [1.29, 1.82) is 0 Å². The summed E-state index contributed by atoms with van der Waals surface area (Å²) in [7, 11) is -1.72. The fourth-order valence-corrected chi connectivity index (χ4v) is 2.32. The molecule has 1 aromatic carbocycles. The fourth-order valence-electron chi connectivity index (χ4n) is 1.18. The van der Waals surface area contributed by atoms with Gasteiger partial charge in [-0.05, 0) is 24.6 Å². The van der Waals surface area contributed by atoms with Crippen LogP contribution < -0.4 is 4.74 Å². The third-order valence-electron chi connectivity index (χ3n) is 2.03. The molecule has 0 aliphatic rings. The Morgan fingerprint density at radius 3 is 2.50 bits per heavy atom. The van der Waals surface area contributed by atoms with Crippen molar-refractivity contribution in [2.24, 2.45) is 0 Å². The Balaban J connectivity index is 3.39. The lowest BCUT2D eigenvalue weighted by molar-refractivity contribution is 0.402. The summed E-state index contributed by atoms with van der Waals surface area (Å²) in [5.74, 6) is 0.504. The van der Waals surface area contributed by atoms with E-state index in [4.69, 9.17) is 4.74 Å². The molecule has 0 unspecified atom stereocenters. The van der Waals surface area contributed by atoms with Crippen LogP contribution in [0.2, 0.25) is 0 Å². The minimum absolute atomic E-state index is 0.0901. The third-order valence-corrected chi connectivity index (χ3v) is 3.78. The fraction of sp³-hybridized carbons (Fsp3) is 0.400. The molecule has 14 heavy (non-hydrogen) atoms. The van der Waals surface area contributed by atoms with E-state index in [1.165, 1.54) is 7.11 Å². The Kier molecular flexibility index (Phi) is 3.16.